The first kappa shape index (κ1) is 9.09. The van der Waals surface area contributed by atoms with Crippen LogP contribution in [0, 0.1) is 6.92 Å². The molecule has 3 nitrogen and oxygen atoms in total. The number of fused-ring (bicyclic) bond motifs is 1. The number of nitrogens with zero attached hydrogens (tertiary/aromatic N) is 1. The molecule has 2 N–H and O–H groups in total. The van der Waals surface area contributed by atoms with E-state index in [1.165, 1.54) is 0 Å². The number of pyridine rings is 1. The second kappa shape index (κ2) is 3.03. The van der Waals surface area contributed by atoms with Crippen molar-refractivity contribution in [2.24, 2.45) is 5.73 Å². The van der Waals surface area contributed by atoms with Gasteiger partial charge in [0.05, 0.1) is 10.5 Å². The molecule has 0 aliphatic heterocycles. The maximum Gasteiger partial charge on any atom is 0.266 e. The lowest BCUT2D eigenvalue weighted by molar-refractivity contribution is 0.0994. The fourth-order valence-corrected chi connectivity index (χ4v) is 1.84. The Balaban J connectivity index is 2.95. The molecule has 0 unspecified atom stereocenters. The van der Waals surface area contributed by atoms with Crippen molar-refractivity contribution in [1.29, 1.82) is 0 Å². The van der Waals surface area contributed by atoms with Gasteiger partial charge in [0.15, 0.2) is 0 Å². The van der Waals surface area contributed by atoms with Crippen molar-refractivity contribution in [2.75, 3.05) is 0 Å². The quantitative estimate of drug-likeness (QED) is 0.766. The first-order valence-corrected chi connectivity index (χ1v) is 4.55. The van der Waals surface area contributed by atoms with E-state index in [0.29, 0.717) is 10.7 Å². The maximum atomic E-state index is 11.2. The summed E-state index contributed by atoms with van der Waals surface area (Å²) in [6, 6.07) is 5.54. The van der Waals surface area contributed by atoms with Gasteiger partial charge in [-0.15, -0.1) is 0 Å². The number of primary amides is 1. The summed E-state index contributed by atoms with van der Waals surface area (Å²) in [5, 5.41) is 0.583. The van der Waals surface area contributed by atoms with Crippen molar-refractivity contribution in [1.82, 2.24) is 4.40 Å². The van der Waals surface area contributed by atoms with E-state index in [0.717, 1.165) is 11.1 Å². The highest BCUT2D eigenvalue weighted by Crippen LogP contribution is 2.27. The van der Waals surface area contributed by atoms with E-state index < -0.39 is 5.91 Å². The highest BCUT2D eigenvalue weighted by atomic mass is 35.5. The largest absolute Gasteiger partial charge is 0.364 e. The van der Waals surface area contributed by atoms with Crippen LogP contribution in [0.25, 0.3) is 5.52 Å². The minimum Gasteiger partial charge on any atom is -0.364 e. The lowest BCUT2D eigenvalue weighted by atomic mass is 10.2. The van der Waals surface area contributed by atoms with Crippen LogP contribution < -0.4 is 5.73 Å². The van der Waals surface area contributed by atoms with Gasteiger partial charge in [0.1, 0.15) is 5.69 Å². The van der Waals surface area contributed by atoms with Crippen LogP contribution in [0.5, 0.6) is 0 Å². The molecule has 4 heteroatoms. The molecule has 0 saturated heterocycles. The maximum absolute atomic E-state index is 11.2. The average Bonchev–Trinajstić information content (AvgIpc) is 2.41. The molecule has 0 aliphatic rings. The summed E-state index contributed by atoms with van der Waals surface area (Å²) in [6.07, 6.45) is 1.77. The first-order valence-electron chi connectivity index (χ1n) is 4.18. The third-order valence-corrected chi connectivity index (χ3v) is 2.72. The number of hydrogen-bond donors (Lipinski definition) is 1. The Morgan fingerprint density at radius 3 is 2.86 bits per heavy atom. The van der Waals surface area contributed by atoms with Gasteiger partial charge in [0.25, 0.3) is 5.91 Å². The predicted molar refractivity (Wildman–Crippen MR) is 55.7 cm³/mol. The van der Waals surface area contributed by atoms with Gasteiger partial charge in [-0.25, -0.2) is 0 Å². The standard InChI is InChI=1S/C10H9ClN2O/c1-6-8(11)7-4-2-3-5-13(7)9(6)10(12)14/h2-5H,1H3,(H2,12,14). The molecule has 72 valence electrons. The van der Waals surface area contributed by atoms with Crippen molar-refractivity contribution in [3.8, 4) is 0 Å². The van der Waals surface area contributed by atoms with Crippen LogP contribution in [-0.2, 0) is 0 Å². The Bertz CT molecular complexity index is 516. The van der Waals surface area contributed by atoms with Crippen LogP contribution in [0.3, 0.4) is 0 Å². The van der Waals surface area contributed by atoms with Gasteiger partial charge in [-0.3, -0.25) is 4.79 Å². The van der Waals surface area contributed by atoms with Crippen molar-refractivity contribution in [2.45, 2.75) is 6.92 Å². The fraction of sp³-hybridized carbons (Fsp3) is 0.100. The molecule has 0 saturated carbocycles. The Morgan fingerprint density at radius 1 is 1.50 bits per heavy atom. The van der Waals surface area contributed by atoms with Crippen molar-refractivity contribution in [3.63, 3.8) is 0 Å². The Morgan fingerprint density at radius 2 is 2.21 bits per heavy atom. The van der Waals surface area contributed by atoms with Crippen LogP contribution in [0.2, 0.25) is 5.02 Å². The number of aromatic nitrogens is 1. The minimum atomic E-state index is -0.462. The smallest absolute Gasteiger partial charge is 0.266 e. The molecule has 0 radical (unpaired) electrons. The second-order valence-electron chi connectivity index (χ2n) is 3.11. The highest BCUT2D eigenvalue weighted by molar-refractivity contribution is 6.35. The molecule has 0 spiro atoms. The van der Waals surface area contributed by atoms with Crippen molar-refractivity contribution in [3.05, 3.63) is 40.7 Å². The van der Waals surface area contributed by atoms with Gasteiger partial charge >= 0.3 is 0 Å². The van der Waals surface area contributed by atoms with E-state index in [1.54, 1.807) is 17.5 Å². The molecular weight excluding hydrogens is 200 g/mol. The molecular formula is C10H9ClN2O. The van der Waals surface area contributed by atoms with E-state index in [9.17, 15) is 4.79 Å². The summed E-state index contributed by atoms with van der Waals surface area (Å²) in [4.78, 5) is 11.2. The molecule has 0 fully saturated rings. The number of carbonyl (C=O) groups excluding carboxylic acids is 1. The first-order chi connectivity index (χ1) is 6.63. The SMILES string of the molecule is Cc1c(Cl)c2ccccn2c1C(N)=O. The Labute approximate surface area is 86.1 Å². The molecule has 0 bridgehead atoms. The van der Waals surface area contributed by atoms with Crippen LogP contribution in [0.15, 0.2) is 24.4 Å². The highest BCUT2D eigenvalue weighted by Gasteiger charge is 2.16. The van der Waals surface area contributed by atoms with Gasteiger partial charge in [0.2, 0.25) is 0 Å². The van der Waals surface area contributed by atoms with Crippen molar-refractivity contribution < 1.29 is 4.79 Å². The Kier molecular flexibility index (Phi) is 1.97. The molecule has 0 aliphatic carbocycles. The van der Waals surface area contributed by atoms with Crippen LogP contribution in [0.1, 0.15) is 16.1 Å². The molecule has 1 amide bonds. The molecule has 2 heterocycles. The van der Waals surface area contributed by atoms with E-state index in [2.05, 4.69) is 0 Å². The van der Waals surface area contributed by atoms with E-state index >= 15 is 0 Å². The minimum absolute atomic E-state index is 0.450. The fourth-order valence-electron chi connectivity index (χ4n) is 1.60. The third-order valence-electron chi connectivity index (χ3n) is 2.24. The summed E-state index contributed by atoms with van der Waals surface area (Å²) < 4.78 is 1.71. The predicted octanol–water partition coefficient (Wildman–Crippen LogP) is 2.00. The number of carbonyl (C=O) groups is 1. The molecule has 14 heavy (non-hydrogen) atoms. The number of halogens is 1. The van der Waals surface area contributed by atoms with Gasteiger partial charge in [-0.2, -0.15) is 0 Å². The zero-order chi connectivity index (χ0) is 10.3. The lowest BCUT2D eigenvalue weighted by Crippen LogP contribution is -2.14. The van der Waals surface area contributed by atoms with Crippen LogP contribution in [0.4, 0.5) is 0 Å². The third kappa shape index (κ3) is 1.09. The number of rotatable bonds is 1. The topological polar surface area (TPSA) is 47.5 Å². The normalized spacial score (nSPS) is 10.7. The average molecular weight is 209 g/mol. The monoisotopic (exact) mass is 208 g/mol. The summed E-state index contributed by atoms with van der Waals surface area (Å²) in [5.74, 6) is -0.462. The van der Waals surface area contributed by atoms with Crippen LogP contribution in [-0.4, -0.2) is 10.3 Å². The van der Waals surface area contributed by atoms with E-state index in [4.69, 9.17) is 17.3 Å². The zero-order valence-electron chi connectivity index (χ0n) is 7.62. The summed E-state index contributed by atoms with van der Waals surface area (Å²) in [6.45, 7) is 1.79. The molecule has 2 aromatic rings. The van der Waals surface area contributed by atoms with Gasteiger partial charge in [-0.1, -0.05) is 17.7 Å². The van der Waals surface area contributed by atoms with Gasteiger partial charge in [-0.05, 0) is 24.6 Å². The summed E-state index contributed by atoms with van der Waals surface area (Å²) >= 11 is 6.06. The van der Waals surface area contributed by atoms with E-state index in [-0.39, 0.29) is 0 Å². The van der Waals surface area contributed by atoms with Gasteiger partial charge in [0, 0.05) is 6.20 Å². The van der Waals surface area contributed by atoms with E-state index in [1.807, 2.05) is 18.2 Å². The summed E-state index contributed by atoms with van der Waals surface area (Å²) in [5.41, 5.74) is 7.26. The summed E-state index contributed by atoms with van der Waals surface area (Å²) in [7, 11) is 0. The lowest BCUT2D eigenvalue weighted by Gasteiger charge is -1.97. The Hall–Kier alpha value is -1.48. The molecule has 2 aromatic heterocycles. The molecule has 2 rings (SSSR count). The number of amides is 1. The van der Waals surface area contributed by atoms with Crippen molar-refractivity contribution >= 4 is 23.0 Å². The van der Waals surface area contributed by atoms with Crippen LogP contribution >= 0.6 is 11.6 Å². The van der Waals surface area contributed by atoms with Gasteiger partial charge < -0.3 is 10.1 Å². The molecule has 0 atom stereocenters. The molecule has 0 aromatic carbocycles. The number of nitrogens with two attached hydrogens (primary N) is 1. The number of hydrogen-bond acceptors (Lipinski definition) is 1. The second-order valence-corrected chi connectivity index (χ2v) is 3.49. The zero-order valence-corrected chi connectivity index (χ0v) is 8.38.